The largest absolute Gasteiger partial charge is 0.481 e. The second-order valence-corrected chi connectivity index (χ2v) is 18.3. The van der Waals surface area contributed by atoms with E-state index in [0.717, 1.165) is 0 Å². The van der Waals surface area contributed by atoms with Gasteiger partial charge in [-0.2, -0.15) is 52.7 Å². The van der Waals surface area contributed by atoms with Gasteiger partial charge < -0.3 is 41.6 Å². The van der Waals surface area contributed by atoms with Gasteiger partial charge in [-0.15, -0.1) is 0 Å². The van der Waals surface area contributed by atoms with Crippen molar-refractivity contribution in [3.05, 3.63) is 69.8 Å². The maximum atomic E-state index is 13.1. The molecule has 394 valence electrons. The first-order chi connectivity index (χ1) is 31.9. The van der Waals surface area contributed by atoms with Crippen molar-refractivity contribution in [3.8, 4) is 0 Å². The first-order valence-corrected chi connectivity index (χ1v) is 21.8. The number of ketones is 1. The second kappa shape index (κ2) is 22.6. The average Bonchev–Trinajstić information content (AvgIpc) is 3.27. The van der Waals surface area contributed by atoms with E-state index in [0.29, 0.717) is 62.8 Å². The normalized spacial score (nSPS) is 25.0. The summed E-state index contributed by atoms with van der Waals surface area (Å²) in [4.78, 5) is 57.2. The first kappa shape index (κ1) is 59.3. The van der Waals surface area contributed by atoms with E-state index in [-0.39, 0.29) is 80.1 Å². The summed E-state index contributed by atoms with van der Waals surface area (Å²) in [6.45, 7) is 9.15. The molecule has 7 N–H and O–H groups in total. The summed E-state index contributed by atoms with van der Waals surface area (Å²) in [6, 6.07) is 2.76. The van der Waals surface area contributed by atoms with Crippen LogP contribution in [0.15, 0.2) is 36.4 Å². The SMILES string of the molecule is CC(=O)C1(NC(=O)CN)CCC(C)(CO[C@H](C)c2cc(C(F)(F)F)cc(C(F)(F)F)c2)CC1.CCC(=O)O.C[C@@H](OC[C@@]1(C)CCC2(CN1)NC(=O)CNC2=O)c1cc(C(F)(F)F)cc(C(F)(F)F)c1. The summed E-state index contributed by atoms with van der Waals surface area (Å²) in [6.07, 6.45) is -19.4. The third-order valence-electron chi connectivity index (χ3n) is 12.5. The van der Waals surface area contributed by atoms with E-state index in [2.05, 4.69) is 21.3 Å². The van der Waals surface area contributed by atoms with E-state index >= 15 is 0 Å². The molecule has 1 aliphatic carbocycles. The Morgan fingerprint density at radius 2 is 1.13 bits per heavy atom. The van der Waals surface area contributed by atoms with E-state index in [1.807, 2.05) is 6.92 Å². The zero-order valence-corrected chi connectivity index (χ0v) is 39.0. The molecule has 2 heterocycles. The summed E-state index contributed by atoms with van der Waals surface area (Å²) in [5.74, 6) is -2.03. The van der Waals surface area contributed by atoms with E-state index in [4.69, 9.17) is 20.3 Å². The van der Waals surface area contributed by atoms with Gasteiger partial charge in [0.2, 0.25) is 17.7 Å². The van der Waals surface area contributed by atoms with E-state index in [1.54, 1.807) is 13.8 Å². The molecule has 0 radical (unpaired) electrons. The minimum Gasteiger partial charge on any atom is -0.481 e. The quantitative estimate of drug-likeness (QED) is 0.113. The molecule has 3 amide bonds. The minimum absolute atomic E-state index is 0.0303. The highest BCUT2D eigenvalue weighted by Crippen LogP contribution is 2.44. The lowest BCUT2D eigenvalue weighted by Crippen LogP contribution is -2.73. The number of nitrogens with two attached hydrogens (primary N) is 1. The number of alkyl halides is 12. The van der Waals surface area contributed by atoms with Gasteiger partial charge in [-0.05, 0) is 119 Å². The number of hydrogen-bond acceptors (Lipinski definition) is 9. The molecule has 2 aliphatic heterocycles. The number of piperidine rings is 1. The van der Waals surface area contributed by atoms with Crippen molar-refractivity contribution in [1.82, 2.24) is 21.3 Å². The maximum absolute atomic E-state index is 13.1. The van der Waals surface area contributed by atoms with Gasteiger partial charge in [-0.25, -0.2) is 0 Å². The Hall–Kier alpha value is -5.01. The molecule has 2 aromatic rings. The van der Waals surface area contributed by atoms with Crippen LogP contribution in [0.1, 0.15) is 132 Å². The molecule has 13 nitrogen and oxygen atoms in total. The maximum Gasteiger partial charge on any atom is 0.416 e. The minimum atomic E-state index is -4.94. The number of piperazine rings is 1. The molecule has 70 heavy (non-hydrogen) atoms. The van der Waals surface area contributed by atoms with Crippen LogP contribution in [-0.2, 0) is 58.2 Å². The number of hydrogen-bond donors (Lipinski definition) is 6. The topological polar surface area (TPSA) is 198 Å². The number of carbonyl (C=O) groups excluding carboxylic acids is 4. The monoisotopic (exact) mass is 1020 g/mol. The van der Waals surface area contributed by atoms with E-state index < -0.39 is 93.1 Å². The molecule has 2 aromatic carbocycles. The van der Waals surface area contributed by atoms with Crippen LogP contribution >= 0.6 is 0 Å². The molecule has 1 saturated carbocycles. The molecule has 0 bridgehead atoms. The lowest BCUT2D eigenvalue weighted by atomic mass is 9.67. The first-order valence-electron chi connectivity index (χ1n) is 21.8. The van der Waals surface area contributed by atoms with Crippen molar-refractivity contribution in [2.75, 3.05) is 32.8 Å². The predicted molar refractivity (Wildman–Crippen MR) is 226 cm³/mol. The van der Waals surface area contributed by atoms with E-state index in [9.17, 15) is 76.7 Å². The Kier molecular flexibility index (Phi) is 19.1. The van der Waals surface area contributed by atoms with Crippen molar-refractivity contribution in [2.24, 2.45) is 11.1 Å². The van der Waals surface area contributed by atoms with E-state index in [1.165, 1.54) is 20.8 Å². The third-order valence-corrected chi connectivity index (χ3v) is 12.5. The Morgan fingerprint density at radius 1 is 0.714 bits per heavy atom. The number of nitrogens with one attached hydrogen (secondary N) is 4. The Bertz CT molecular complexity index is 2120. The number of carboxylic acids is 1. The van der Waals surface area contributed by atoms with Crippen LogP contribution in [0.5, 0.6) is 0 Å². The molecule has 25 heteroatoms. The number of halogens is 12. The molecule has 0 aromatic heterocycles. The third kappa shape index (κ3) is 16.3. The molecule has 4 atom stereocenters. The molecule has 3 aliphatic rings. The fourth-order valence-corrected chi connectivity index (χ4v) is 7.71. The number of carbonyl (C=O) groups is 5. The van der Waals surface area contributed by atoms with Crippen LogP contribution in [0.2, 0.25) is 0 Å². The van der Waals surface area contributed by atoms with Gasteiger partial charge in [0.15, 0.2) is 5.78 Å². The number of benzene rings is 2. The highest BCUT2D eigenvalue weighted by molar-refractivity contribution is 5.98. The lowest BCUT2D eigenvalue weighted by molar-refractivity contribution is -0.145. The molecule has 3 fully saturated rings. The van der Waals surface area contributed by atoms with Crippen molar-refractivity contribution in [3.63, 3.8) is 0 Å². The number of carboxylic acid groups (broad SMARTS) is 1. The van der Waals surface area contributed by atoms with Gasteiger partial charge >= 0.3 is 30.7 Å². The number of aliphatic carboxylic acids is 1. The Morgan fingerprint density at radius 3 is 1.47 bits per heavy atom. The van der Waals surface area contributed by atoms with Crippen LogP contribution < -0.4 is 27.0 Å². The van der Waals surface area contributed by atoms with Crippen LogP contribution in [0.3, 0.4) is 0 Å². The van der Waals surface area contributed by atoms with Gasteiger partial charge in [0.1, 0.15) is 5.54 Å². The lowest BCUT2D eigenvalue weighted by Gasteiger charge is -2.46. The highest BCUT2D eigenvalue weighted by atomic mass is 19.4. The fourth-order valence-electron chi connectivity index (χ4n) is 7.71. The highest BCUT2D eigenvalue weighted by Gasteiger charge is 2.49. The van der Waals surface area contributed by atoms with Gasteiger partial charge in [-0.3, -0.25) is 24.0 Å². The van der Waals surface area contributed by atoms with Gasteiger partial charge in [0.05, 0.1) is 66.3 Å². The molecule has 5 rings (SSSR count). The average molecular weight is 1020 g/mol. The van der Waals surface area contributed by atoms with Crippen LogP contribution in [0.4, 0.5) is 52.7 Å². The van der Waals surface area contributed by atoms with Crippen molar-refractivity contribution in [2.45, 2.75) is 140 Å². The van der Waals surface area contributed by atoms with Crippen molar-refractivity contribution < 1.29 is 91.2 Å². The van der Waals surface area contributed by atoms with Crippen molar-refractivity contribution in [1.29, 1.82) is 0 Å². The molecule has 1 spiro atoms. The molecule has 2 saturated heterocycles. The standard InChI is InChI=1S/C22H28F6N2O3.C20H23F6N3O3.C3H6O2/c1-13(15-8-16(21(23,24)25)10-17(9-15)22(26,27)28)33-12-19(3)4-6-20(7-5-19,14(2)31)30-18(32)11-29;1-11(12-5-13(19(21,22)23)7-14(6-12)20(24,25)26)32-10-17(2)3-4-18(9-28-17)16(31)27-8-15(30)29-18;1-2-3(4)5/h8-10,13H,4-7,11-12,29H2,1-3H3,(H,30,32);5-7,11,28H,3-4,8-10H2,1-2H3,(H,27,31)(H,29,30);2H2,1H3,(H,4,5)/t13-,19?,20?;11-,17-,18?;/m11./s1. The number of rotatable bonds is 12. The number of ether oxygens (including phenoxy) is 2. The predicted octanol–water partition coefficient (Wildman–Crippen LogP) is 8.19. The smallest absolute Gasteiger partial charge is 0.416 e. The van der Waals surface area contributed by atoms with Crippen LogP contribution in [0.25, 0.3) is 0 Å². The zero-order valence-electron chi connectivity index (χ0n) is 39.0. The van der Waals surface area contributed by atoms with Gasteiger partial charge in [0, 0.05) is 18.5 Å². The molecular formula is C45H57F12N5O8. The molecular weight excluding hydrogens is 966 g/mol. The van der Waals surface area contributed by atoms with Crippen LogP contribution in [0, 0.1) is 5.41 Å². The van der Waals surface area contributed by atoms with Gasteiger partial charge in [-0.1, -0.05) is 13.8 Å². The second-order valence-electron chi connectivity index (χ2n) is 18.3. The summed E-state index contributed by atoms with van der Waals surface area (Å²) >= 11 is 0. The number of Topliss-reactive ketones (excluding diaryl/α,β-unsaturated/α-hetero) is 1. The van der Waals surface area contributed by atoms with Crippen LogP contribution in [-0.4, -0.2) is 84.0 Å². The Balaban J connectivity index is 0.000000338. The summed E-state index contributed by atoms with van der Waals surface area (Å²) in [5, 5.41) is 18.7. The van der Waals surface area contributed by atoms with Crippen molar-refractivity contribution >= 4 is 29.5 Å². The van der Waals surface area contributed by atoms with Gasteiger partial charge in [0.25, 0.3) is 0 Å². The Labute approximate surface area is 395 Å². The summed E-state index contributed by atoms with van der Waals surface area (Å²) < 4.78 is 169. The zero-order chi connectivity index (χ0) is 53.5. The fraction of sp³-hybridized carbons (Fsp3) is 0.622. The molecule has 1 unspecified atom stereocenters. The number of amides is 3. The summed E-state index contributed by atoms with van der Waals surface area (Å²) in [5.41, 5.74) is -4.05. The summed E-state index contributed by atoms with van der Waals surface area (Å²) in [7, 11) is 0.